The molecule has 0 bridgehead atoms. The van der Waals surface area contributed by atoms with Crippen LogP contribution in [0.25, 0.3) is 27.8 Å². The fraction of sp³-hybridized carbons (Fsp3) is 0.0625. The van der Waals surface area contributed by atoms with Gasteiger partial charge in [-0.05, 0) is 41.6 Å². The smallest absolute Gasteiger partial charge is 0.300 e. The molecule has 4 aromatic rings. The summed E-state index contributed by atoms with van der Waals surface area (Å²) in [5.74, 6) is 0.702. The van der Waals surface area contributed by atoms with Crippen LogP contribution < -0.4 is 10.3 Å². The van der Waals surface area contributed by atoms with Gasteiger partial charge in [0.25, 0.3) is 5.56 Å². The Bertz CT molecular complexity index is 1070. The third kappa shape index (κ3) is 2.18. The van der Waals surface area contributed by atoms with E-state index >= 15 is 0 Å². The molecule has 112 valence electrons. The summed E-state index contributed by atoms with van der Waals surface area (Å²) in [5, 5.41) is 13.1. The van der Waals surface area contributed by atoms with Crippen LogP contribution in [0.15, 0.2) is 53.3 Å². The third-order valence-corrected chi connectivity index (χ3v) is 3.54. The fourth-order valence-corrected chi connectivity index (χ4v) is 2.38. The molecule has 0 saturated carbocycles. The maximum Gasteiger partial charge on any atom is 0.300 e. The topological polar surface area (TPSA) is 82.3 Å². The molecule has 0 radical (unpaired) electrons. The van der Waals surface area contributed by atoms with Crippen LogP contribution in [0.1, 0.15) is 0 Å². The Morgan fingerprint density at radius 3 is 2.61 bits per heavy atom. The van der Waals surface area contributed by atoms with Gasteiger partial charge in [-0.25, -0.2) is 0 Å². The van der Waals surface area contributed by atoms with Crippen LogP contribution in [-0.2, 0) is 0 Å². The van der Waals surface area contributed by atoms with Crippen molar-refractivity contribution in [2.75, 3.05) is 7.11 Å². The largest absolute Gasteiger partial charge is 0.497 e. The van der Waals surface area contributed by atoms with E-state index in [-0.39, 0.29) is 5.69 Å². The Balaban J connectivity index is 1.96. The first-order valence-electron chi connectivity index (χ1n) is 6.93. The molecule has 0 aliphatic rings. The average Bonchev–Trinajstić information content (AvgIpc) is 2.61. The lowest BCUT2D eigenvalue weighted by atomic mass is 10.1. The normalized spacial score (nSPS) is 11.0. The molecule has 2 heterocycles. The predicted molar refractivity (Wildman–Crippen MR) is 84.3 cm³/mol. The number of rotatable bonds is 2. The number of methoxy groups -OCH3 is 1. The third-order valence-electron chi connectivity index (χ3n) is 3.54. The summed E-state index contributed by atoms with van der Waals surface area (Å²) in [6.45, 7) is 0. The van der Waals surface area contributed by atoms with E-state index in [4.69, 9.17) is 4.74 Å². The molecule has 2 aromatic heterocycles. The summed E-state index contributed by atoms with van der Waals surface area (Å²) in [7, 11) is 1.58. The highest BCUT2D eigenvalue weighted by Crippen LogP contribution is 2.19. The van der Waals surface area contributed by atoms with E-state index in [9.17, 15) is 4.79 Å². The van der Waals surface area contributed by atoms with E-state index in [0.29, 0.717) is 22.5 Å². The summed E-state index contributed by atoms with van der Waals surface area (Å²) in [4.78, 5) is 16.5. The summed E-state index contributed by atoms with van der Waals surface area (Å²) in [6, 6.07) is 14.4. The van der Waals surface area contributed by atoms with Crippen LogP contribution >= 0.6 is 0 Å². The monoisotopic (exact) mass is 305 g/mol. The molecule has 0 spiro atoms. The van der Waals surface area contributed by atoms with Crippen molar-refractivity contribution in [3.8, 4) is 17.0 Å². The van der Waals surface area contributed by atoms with Crippen molar-refractivity contribution in [2.24, 2.45) is 0 Å². The predicted octanol–water partition coefficient (Wildman–Crippen LogP) is 1.71. The second-order valence-corrected chi connectivity index (χ2v) is 4.91. The molecule has 23 heavy (non-hydrogen) atoms. The molecular formula is C16H11N5O2. The van der Waals surface area contributed by atoms with Gasteiger partial charge in [-0.1, -0.05) is 12.1 Å². The SMILES string of the molecule is COc1ccc(-c2nn3nnc4ccccc4c3nc2=O)cc1. The zero-order valence-electron chi connectivity index (χ0n) is 12.2. The number of ether oxygens (including phenoxy) is 1. The molecule has 0 aliphatic carbocycles. The van der Waals surface area contributed by atoms with Crippen LogP contribution in [-0.4, -0.2) is 32.1 Å². The minimum absolute atomic E-state index is 0.217. The van der Waals surface area contributed by atoms with E-state index in [1.54, 1.807) is 31.4 Å². The van der Waals surface area contributed by atoms with Gasteiger partial charge in [0.15, 0.2) is 11.3 Å². The average molecular weight is 305 g/mol. The molecule has 0 saturated heterocycles. The van der Waals surface area contributed by atoms with Gasteiger partial charge in [0.1, 0.15) is 5.75 Å². The Kier molecular flexibility index (Phi) is 2.97. The Hall–Kier alpha value is -3.35. The second-order valence-electron chi connectivity index (χ2n) is 4.91. The molecular weight excluding hydrogens is 294 g/mol. The van der Waals surface area contributed by atoms with E-state index in [2.05, 4.69) is 20.4 Å². The minimum Gasteiger partial charge on any atom is -0.497 e. The van der Waals surface area contributed by atoms with Gasteiger partial charge in [-0.3, -0.25) is 4.79 Å². The van der Waals surface area contributed by atoms with Gasteiger partial charge < -0.3 is 4.74 Å². The molecule has 0 amide bonds. The zero-order valence-corrected chi connectivity index (χ0v) is 12.2. The van der Waals surface area contributed by atoms with Crippen molar-refractivity contribution in [1.82, 2.24) is 25.0 Å². The van der Waals surface area contributed by atoms with Gasteiger partial charge in [0.2, 0.25) is 0 Å². The maximum absolute atomic E-state index is 12.4. The van der Waals surface area contributed by atoms with Crippen LogP contribution in [0.2, 0.25) is 0 Å². The summed E-state index contributed by atoms with van der Waals surface area (Å²) < 4.78 is 6.39. The van der Waals surface area contributed by atoms with Crippen LogP contribution in [0.4, 0.5) is 0 Å². The lowest BCUT2D eigenvalue weighted by Gasteiger charge is -2.05. The number of benzene rings is 2. The standard InChI is InChI=1S/C16H11N5O2/c1-23-11-8-6-10(7-9-11)14-16(22)17-15-12-4-2-3-5-13(12)18-20-21(15)19-14/h2-9H,1H3. The van der Waals surface area contributed by atoms with Crippen molar-refractivity contribution in [3.05, 3.63) is 58.9 Å². The number of fused-ring (bicyclic) bond motifs is 3. The molecule has 0 N–H and O–H groups in total. The molecule has 4 rings (SSSR count). The number of hydrogen-bond acceptors (Lipinski definition) is 6. The maximum atomic E-state index is 12.4. The van der Waals surface area contributed by atoms with Crippen LogP contribution in [0, 0.1) is 0 Å². The lowest BCUT2D eigenvalue weighted by molar-refractivity contribution is 0.415. The van der Waals surface area contributed by atoms with Crippen molar-refractivity contribution in [2.45, 2.75) is 0 Å². The molecule has 0 atom stereocenters. The zero-order chi connectivity index (χ0) is 15.8. The van der Waals surface area contributed by atoms with Gasteiger partial charge in [-0.15, -0.1) is 14.8 Å². The van der Waals surface area contributed by atoms with Crippen molar-refractivity contribution >= 4 is 16.6 Å². The number of nitrogens with zero attached hydrogens (tertiary/aromatic N) is 5. The van der Waals surface area contributed by atoms with Crippen LogP contribution in [0.5, 0.6) is 5.75 Å². The number of aromatic nitrogens is 5. The van der Waals surface area contributed by atoms with Crippen molar-refractivity contribution in [3.63, 3.8) is 0 Å². The van der Waals surface area contributed by atoms with Crippen molar-refractivity contribution in [1.29, 1.82) is 0 Å². The molecule has 7 nitrogen and oxygen atoms in total. The highest BCUT2D eigenvalue weighted by Gasteiger charge is 2.11. The van der Waals surface area contributed by atoms with Gasteiger partial charge in [0.05, 0.1) is 12.6 Å². The summed E-state index contributed by atoms with van der Waals surface area (Å²) >= 11 is 0. The first kappa shape index (κ1) is 13.3. The highest BCUT2D eigenvalue weighted by atomic mass is 16.5. The molecule has 2 aromatic carbocycles. The summed E-state index contributed by atoms with van der Waals surface area (Å²) in [6.07, 6.45) is 0. The second kappa shape index (κ2) is 5.13. The molecule has 0 aliphatic heterocycles. The van der Waals surface area contributed by atoms with E-state index in [1.165, 1.54) is 4.63 Å². The molecule has 7 heteroatoms. The van der Waals surface area contributed by atoms with Crippen molar-refractivity contribution < 1.29 is 4.74 Å². The first-order chi connectivity index (χ1) is 11.3. The van der Waals surface area contributed by atoms with Gasteiger partial charge in [0, 0.05) is 10.9 Å². The molecule has 0 unspecified atom stereocenters. The Labute approximate surface area is 130 Å². The Morgan fingerprint density at radius 2 is 1.83 bits per heavy atom. The quantitative estimate of drug-likeness (QED) is 0.524. The van der Waals surface area contributed by atoms with Crippen LogP contribution in [0.3, 0.4) is 0 Å². The summed E-state index contributed by atoms with van der Waals surface area (Å²) in [5.41, 5.74) is 1.51. The number of hydrogen-bond donors (Lipinski definition) is 0. The molecule has 0 fully saturated rings. The first-order valence-corrected chi connectivity index (χ1v) is 6.93. The minimum atomic E-state index is -0.409. The van der Waals surface area contributed by atoms with Gasteiger partial charge >= 0.3 is 0 Å². The Morgan fingerprint density at radius 1 is 1.04 bits per heavy atom. The van der Waals surface area contributed by atoms with E-state index in [0.717, 1.165) is 5.39 Å². The lowest BCUT2D eigenvalue weighted by Crippen LogP contribution is -2.18. The fourth-order valence-electron chi connectivity index (χ4n) is 2.38. The van der Waals surface area contributed by atoms with E-state index in [1.807, 2.05) is 24.3 Å². The highest BCUT2D eigenvalue weighted by molar-refractivity contribution is 5.90. The van der Waals surface area contributed by atoms with Gasteiger partial charge in [-0.2, -0.15) is 4.98 Å². The van der Waals surface area contributed by atoms with E-state index < -0.39 is 5.56 Å².